The molecule has 2 aliphatic rings. The van der Waals surface area contributed by atoms with Crippen LogP contribution in [0.1, 0.15) is 31.9 Å². The summed E-state index contributed by atoms with van der Waals surface area (Å²) in [5, 5.41) is 3.21. The van der Waals surface area contributed by atoms with Crippen molar-refractivity contribution in [3.63, 3.8) is 0 Å². The number of morpholine rings is 1. The summed E-state index contributed by atoms with van der Waals surface area (Å²) in [5.74, 6) is 0. The minimum atomic E-state index is 0.107. The molecule has 0 saturated carbocycles. The second-order valence-electron chi connectivity index (χ2n) is 7.40. The molecule has 0 radical (unpaired) electrons. The molecule has 2 saturated heterocycles. The highest BCUT2D eigenvalue weighted by molar-refractivity contribution is 5.75. The summed E-state index contributed by atoms with van der Waals surface area (Å²) in [6, 6.07) is 4.85. The van der Waals surface area contributed by atoms with E-state index >= 15 is 0 Å². The van der Waals surface area contributed by atoms with Gasteiger partial charge in [0.2, 0.25) is 0 Å². The highest BCUT2D eigenvalue weighted by atomic mass is 16.5. The number of carbonyl (C=O) groups excluding carboxylic acids is 1. The van der Waals surface area contributed by atoms with Crippen LogP contribution >= 0.6 is 0 Å². The average molecular weight is 348 g/mol. The quantitative estimate of drug-likeness (QED) is 0.854. The minimum absolute atomic E-state index is 0.107. The van der Waals surface area contributed by atoms with Crippen LogP contribution in [-0.2, 0) is 18.2 Å². The van der Waals surface area contributed by atoms with Crippen LogP contribution in [-0.4, -0.2) is 71.9 Å². The third kappa shape index (κ3) is 4.98. The van der Waals surface area contributed by atoms with Gasteiger partial charge in [-0.3, -0.25) is 4.90 Å². The Balaban J connectivity index is 1.45. The van der Waals surface area contributed by atoms with Crippen molar-refractivity contribution in [1.82, 2.24) is 19.7 Å². The van der Waals surface area contributed by atoms with Gasteiger partial charge in [-0.05, 0) is 44.7 Å². The number of aryl methyl sites for hydroxylation is 2. The van der Waals surface area contributed by atoms with Gasteiger partial charge in [-0.15, -0.1) is 0 Å². The molecule has 1 aromatic rings. The van der Waals surface area contributed by atoms with Crippen LogP contribution < -0.4 is 5.32 Å². The number of nitrogens with one attached hydrogen (secondary N) is 1. The Morgan fingerprint density at radius 1 is 1.36 bits per heavy atom. The standard InChI is InChI=1S/C19H32N4O2/c1-16(7-8-17-5-3-9-21(17)2)20-19(24)23-10-4-6-18(23)15-22-11-13-25-14-12-22/h3,5,9,16,18H,4,6-8,10-15H2,1-2H3,(H,20,24)/t16-,18-/m0/s1. The molecule has 6 heteroatoms. The van der Waals surface area contributed by atoms with Crippen molar-refractivity contribution in [2.24, 2.45) is 7.05 Å². The van der Waals surface area contributed by atoms with Crippen LogP contribution in [0.15, 0.2) is 18.3 Å². The number of aromatic nitrogens is 1. The average Bonchev–Trinajstić information content (AvgIpc) is 3.23. The normalized spacial score (nSPS) is 23.0. The monoisotopic (exact) mass is 348 g/mol. The molecule has 0 unspecified atom stereocenters. The Hall–Kier alpha value is -1.53. The van der Waals surface area contributed by atoms with E-state index in [1.807, 2.05) is 0 Å². The Labute approximate surface area is 151 Å². The Morgan fingerprint density at radius 2 is 2.16 bits per heavy atom. The highest BCUT2D eigenvalue weighted by Gasteiger charge is 2.31. The molecule has 0 spiro atoms. The smallest absolute Gasteiger partial charge is 0.317 e. The van der Waals surface area contributed by atoms with Crippen molar-refractivity contribution in [1.29, 1.82) is 0 Å². The van der Waals surface area contributed by atoms with E-state index in [0.29, 0.717) is 6.04 Å². The first-order valence-electron chi connectivity index (χ1n) is 9.61. The van der Waals surface area contributed by atoms with E-state index in [1.54, 1.807) is 0 Å². The van der Waals surface area contributed by atoms with E-state index < -0.39 is 0 Å². The molecule has 6 nitrogen and oxygen atoms in total. The van der Waals surface area contributed by atoms with E-state index in [1.165, 1.54) is 5.69 Å². The fourth-order valence-corrected chi connectivity index (χ4v) is 3.86. The maximum Gasteiger partial charge on any atom is 0.317 e. The van der Waals surface area contributed by atoms with Crippen molar-refractivity contribution in [3.8, 4) is 0 Å². The molecule has 0 aromatic carbocycles. The number of carbonyl (C=O) groups is 1. The number of amides is 2. The molecule has 25 heavy (non-hydrogen) atoms. The summed E-state index contributed by atoms with van der Waals surface area (Å²) in [5.41, 5.74) is 1.31. The summed E-state index contributed by atoms with van der Waals surface area (Å²) in [7, 11) is 2.07. The van der Waals surface area contributed by atoms with Crippen molar-refractivity contribution in [2.45, 2.75) is 44.7 Å². The lowest BCUT2D eigenvalue weighted by molar-refractivity contribution is 0.0291. The van der Waals surface area contributed by atoms with Crippen LogP contribution in [0.3, 0.4) is 0 Å². The van der Waals surface area contributed by atoms with Gasteiger partial charge in [0.25, 0.3) is 0 Å². The fraction of sp³-hybridized carbons (Fsp3) is 0.737. The fourth-order valence-electron chi connectivity index (χ4n) is 3.86. The van der Waals surface area contributed by atoms with Gasteiger partial charge in [0.15, 0.2) is 0 Å². The molecule has 0 bridgehead atoms. The molecular formula is C19H32N4O2. The molecule has 3 rings (SSSR count). The summed E-state index contributed by atoms with van der Waals surface area (Å²) in [4.78, 5) is 17.2. The zero-order valence-corrected chi connectivity index (χ0v) is 15.6. The lowest BCUT2D eigenvalue weighted by Gasteiger charge is -2.33. The number of urea groups is 1. The molecule has 2 aliphatic heterocycles. The van der Waals surface area contributed by atoms with E-state index in [9.17, 15) is 4.79 Å². The van der Waals surface area contributed by atoms with Crippen molar-refractivity contribution < 1.29 is 9.53 Å². The third-order valence-electron chi connectivity index (χ3n) is 5.47. The molecule has 2 fully saturated rings. The van der Waals surface area contributed by atoms with Crippen LogP contribution in [0, 0.1) is 0 Å². The van der Waals surface area contributed by atoms with Gasteiger partial charge in [0.1, 0.15) is 0 Å². The Bertz CT molecular complexity index is 553. The molecular weight excluding hydrogens is 316 g/mol. The van der Waals surface area contributed by atoms with Crippen molar-refractivity contribution in [3.05, 3.63) is 24.0 Å². The van der Waals surface area contributed by atoms with Crippen LogP contribution in [0.4, 0.5) is 4.79 Å². The van der Waals surface area contributed by atoms with Crippen LogP contribution in [0.2, 0.25) is 0 Å². The molecule has 2 amide bonds. The van der Waals surface area contributed by atoms with Gasteiger partial charge in [0.05, 0.1) is 13.2 Å². The largest absolute Gasteiger partial charge is 0.379 e. The Morgan fingerprint density at radius 3 is 2.88 bits per heavy atom. The predicted molar refractivity (Wildman–Crippen MR) is 98.7 cm³/mol. The number of likely N-dealkylation sites (tertiary alicyclic amines) is 1. The van der Waals surface area contributed by atoms with E-state index in [2.05, 4.69) is 52.0 Å². The molecule has 1 N–H and O–H groups in total. The third-order valence-corrected chi connectivity index (χ3v) is 5.47. The zero-order valence-electron chi connectivity index (χ0n) is 15.6. The number of ether oxygens (including phenoxy) is 1. The van der Waals surface area contributed by atoms with Gasteiger partial charge < -0.3 is 19.5 Å². The first kappa shape index (κ1) is 18.3. The molecule has 0 aliphatic carbocycles. The van der Waals surface area contributed by atoms with Gasteiger partial charge >= 0.3 is 6.03 Å². The molecule has 3 heterocycles. The topological polar surface area (TPSA) is 49.7 Å². The summed E-state index contributed by atoms with van der Waals surface area (Å²) >= 11 is 0. The van der Waals surface area contributed by atoms with E-state index in [4.69, 9.17) is 4.74 Å². The SMILES string of the molecule is C[C@@H](CCc1cccn1C)NC(=O)N1CCC[C@H]1CN1CCOCC1. The number of hydrogen-bond donors (Lipinski definition) is 1. The predicted octanol–water partition coefficient (Wildman–Crippen LogP) is 1.85. The number of nitrogens with zero attached hydrogens (tertiary/aromatic N) is 3. The van der Waals surface area contributed by atoms with Crippen molar-refractivity contribution >= 4 is 6.03 Å². The van der Waals surface area contributed by atoms with Gasteiger partial charge in [-0.1, -0.05) is 0 Å². The lowest BCUT2D eigenvalue weighted by atomic mass is 10.1. The van der Waals surface area contributed by atoms with Crippen LogP contribution in [0.25, 0.3) is 0 Å². The Kier molecular flexibility index (Phi) is 6.37. The summed E-state index contributed by atoms with van der Waals surface area (Å²) < 4.78 is 7.57. The molecule has 140 valence electrons. The summed E-state index contributed by atoms with van der Waals surface area (Å²) in [6.45, 7) is 7.57. The van der Waals surface area contributed by atoms with E-state index in [-0.39, 0.29) is 12.1 Å². The summed E-state index contributed by atoms with van der Waals surface area (Å²) in [6.07, 6.45) is 6.25. The lowest BCUT2D eigenvalue weighted by Crippen LogP contribution is -2.50. The molecule has 1 aromatic heterocycles. The van der Waals surface area contributed by atoms with E-state index in [0.717, 1.165) is 65.1 Å². The van der Waals surface area contributed by atoms with Gasteiger partial charge in [-0.2, -0.15) is 0 Å². The highest BCUT2D eigenvalue weighted by Crippen LogP contribution is 2.19. The van der Waals surface area contributed by atoms with Gasteiger partial charge in [-0.25, -0.2) is 4.79 Å². The first-order chi connectivity index (χ1) is 12.1. The minimum Gasteiger partial charge on any atom is -0.379 e. The first-order valence-corrected chi connectivity index (χ1v) is 9.61. The number of rotatable bonds is 6. The molecule has 2 atom stereocenters. The van der Waals surface area contributed by atoms with Crippen LogP contribution in [0.5, 0.6) is 0 Å². The second-order valence-corrected chi connectivity index (χ2v) is 7.40. The van der Waals surface area contributed by atoms with Crippen molar-refractivity contribution in [2.75, 3.05) is 39.4 Å². The zero-order chi connectivity index (χ0) is 17.6. The maximum atomic E-state index is 12.7. The van der Waals surface area contributed by atoms with Gasteiger partial charge in [0, 0.05) is 57.2 Å². The maximum absolute atomic E-state index is 12.7. The number of hydrogen-bond acceptors (Lipinski definition) is 3. The second kappa shape index (κ2) is 8.72.